The fourth-order valence-electron chi connectivity index (χ4n) is 3.98. The molecular weight excluding hydrogens is 268 g/mol. The van der Waals surface area contributed by atoms with Crippen molar-refractivity contribution in [3.63, 3.8) is 0 Å². The van der Waals surface area contributed by atoms with E-state index in [1.54, 1.807) is 12.1 Å². The predicted octanol–water partition coefficient (Wildman–Crippen LogP) is 1.87. The van der Waals surface area contributed by atoms with E-state index in [9.17, 15) is 9.90 Å². The second kappa shape index (κ2) is 5.30. The Morgan fingerprint density at radius 2 is 2.38 bits per heavy atom. The average molecular weight is 290 g/mol. The van der Waals surface area contributed by atoms with Crippen LogP contribution in [0.5, 0.6) is 5.75 Å². The fraction of sp³-hybridized carbons (Fsp3) is 0.625. The van der Waals surface area contributed by atoms with Gasteiger partial charge in [0.15, 0.2) is 0 Å². The van der Waals surface area contributed by atoms with Crippen LogP contribution in [0.15, 0.2) is 12.1 Å². The van der Waals surface area contributed by atoms with Crippen LogP contribution in [-0.4, -0.2) is 41.2 Å². The maximum atomic E-state index is 12.2. The van der Waals surface area contributed by atoms with Gasteiger partial charge in [-0.05, 0) is 37.8 Å². The number of hydrogen-bond acceptors (Lipinski definition) is 5. The number of carbonyl (C=O) groups is 1. The van der Waals surface area contributed by atoms with Crippen molar-refractivity contribution in [2.24, 2.45) is 11.3 Å². The summed E-state index contributed by atoms with van der Waals surface area (Å²) >= 11 is 0. The summed E-state index contributed by atoms with van der Waals surface area (Å²) in [6, 6.07) is 3.48. The van der Waals surface area contributed by atoms with Crippen LogP contribution in [0, 0.1) is 18.3 Å². The van der Waals surface area contributed by atoms with Crippen molar-refractivity contribution in [3.05, 3.63) is 23.5 Å². The first-order valence-electron chi connectivity index (χ1n) is 7.51. The monoisotopic (exact) mass is 290 g/mol. The molecule has 2 heterocycles. The summed E-state index contributed by atoms with van der Waals surface area (Å²) in [5, 5.41) is 9.94. The highest BCUT2D eigenvalue weighted by atomic mass is 16.5. The van der Waals surface area contributed by atoms with Crippen LogP contribution in [0.25, 0.3) is 0 Å². The van der Waals surface area contributed by atoms with Gasteiger partial charge in [0.2, 0.25) is 0 Å². The molecule has 1 saturated carbocycles. The van der Waals surface area contributed by atoms with E-state index in [1.807, 2.05) is 6.92 Å². The number of aromatic hydroxyl groups is 1. The Labute approximate surface area is 124 Å². The summed E-state index contributed by atoms with van der Waals surface area (Å²) in [7, 11) is 1.48. The second-order valence-electron chi connectivity index (χ2n) is 6.32. The number of pyridine rings is 1. The molecule has 1 aliphatic heterocycles. The quantitative estimate of drug-likeness (QED) is 0.861. The lowest BCUT2D eigenvalue weighted by molar-refractivity contribution is -0.153. The summed E-state index contributed by atoms with van der Waals surface area (Å²) in [5.74, 6) is 0.524. The molecule has 0 unspecified atom stereocenters. The Morgan fingerprint density at radius 1 is 1.57 bits per heavy atom. The number of nitrogens with zero attached hydrogens (tertiary/aromatic N) is 2. The van der Waals surface area contributed by atoms with Gasteiger partial charge in [0.25, 0.3) is 0 Å². The number of aromatic nitrogens is 1. The molecule has 1 aromatic rings. The highest BCUT2D eigenvalue weighted by Gasteiger charge is 2.55. The molecule has 1 saturated heterocycles. The molecule has 3 rings (SSSR count). The summed E-state index contributed by atoms with van der Waals surface area (Å²) < 4.78 is 5.05. The molecule has 0 spiro atoms. The van der Waals surface area contributed by atoms with Crippen molar-refractivity contribution in [3.8, 4) is 5.75 Å². The molecule has 21 heavy (non-hydrogen) atoms. The first kappa shape index (κ1) is 14.3. The van der Waals surface area contributed by atoms with Gasteiger partial charge in [-0.1, -0.05) is 6.42 Å². The smallest absolute Gasteiger partial charge is 0.313 e. The van der Waals surface area contributed by atoms with E-state index in [4.69, 9.17) is 4.74 Å². The van der Waals surface area contributed by atoms with Crippen LogP contribution in [-0.2, 0) is 16.1 Å². The number of methoxy groups -OCH3 is 1. The largest absolute Gasteiger partial charge is 0.506 e. The van der Waals surface area contributed by atoms with Gasteiger partial charge in [0, 0.05) is 25.3 Å². The summed E-state index contributed by atoms with van der Waals surface area (Å²) in [4.78, 5) is 18.9. The SMILES string of the molecule is COC(=O)[C@@]12CCC[C@H]1CN(Cc1nc(C)ccc1O)C2. The van der Waals surface area contributed by atoms with E-state index in [2.05, 4.69) is 9.88 Å². The van der Waals surface area contributed by atoms with Crippen molar-refractivity contribution in [1.29, 1.82) is 0 Å². The molecule has 1 aromatic heterocycles. The number of fused-ring (bicyclic) bond motifs is 1. The lowest BCUT2D eigenvalue weighted by Crippen LogP contribution is -2.36. The highest BCUT2D eigenvalue weighted by molar-refractivity contribution is 5.78. The van der Waals surface area contributed by atoms with E-state index in [0.717, 1.165) is 31.5 Å². The minimum Gasteiger partial charge on any atom is -0.506 e. The van der Waals surface area contributed by atoms with Gasteiger partial charge in [-0.15, -0.1) is 0 Å². The van der Waals surface area contributed by atoms with Crippen LogP contribution in [0.3, 0.4) is 0 Å². The summed E-state index contributed by atoms with van der Waals surface area (Å²) in [6.07, 6.45) is 3.09. The molecule has 1 aliphatic carbocycles. The molecule has 0 amide bonds. The fourth-order valence-corrected chi connectivity index (χ4v) is 3.98. The van der Waals surface area contributed by atoms with E-state index < -0.39 is 0 Å². The second-order valence-corrected chi connectivity index (χ2v) is 6.32. The number of carbonyl (C=O) groups excluding carboxylic acids is 1. The standard InChI is InChI=1S/C16H22N2O3/c1-11-5-6-14(19)13(17-11)9-18-8-12-4-3-7-16(12,10-18)15(20)21-2/h5-6,12,19H,3-4,7-10H2,1-2H3/t12-,16+/m0/s1. The number of esters is 1. The van der Waals surface area contributed by atoms with Crippen LogP contribution in [0.4, 0.5) is 0 Å². The van der Waals surface area contributed by atoms with E-state index in [-0.39, 0.29) is 17.1 Å². The minimum atomic E-state index is -0.339. The normalized spacial score (nSPS) is 28.6. The Hall–Kier alpha value is -1.62. The van der Waals surface area contributed by atoms with Gasteiger partial charge in [-0.2, -0.15) is 0 Å². The Balaban J connectivity index is 1.78. The number of ether oxygens (including phenoxy) is 1. The molecule has 0 aromatic carbocycles. The molecule has 5 heteroatoms. The topological polar surface area (TPSA) is 62.7 Å². The van der Waals surface area contributed by atoms with Crippen molar-refractivity contribution < 1.29 is 14.6 Å². The van der Waals surface area contributed by atoms with Crippen molar-refractivity contribution >= 4 is 5.97 Å². The van der Waals surface area contributed by atoms with Crippen LogP contribution in [0.2, 0.25) is 0 Å². The first-order valence-corrected chi connectivity index (χ1v) is 7.51. The van der Waals surface area contributed by atoms with Gasteiger partial charge in [-0.25, -0.2) is 0 Å². The molecule has 1 N–H and O–H groups in total. The van der Waals surface area contributed by atoms with Crippen molar-refractivity contribution in [2.45, 2.75) is 32.7 Å². The molecule has 5 nitrogen and oxygen atoms in total. The zero-order valence-electron chi connectivity index (χ0n) is 12.6. The molecule has 114 valence electrons. The molecule has 0 bridgehead atoms. The Bertz CT molecular complexity index is 560. The molecular formula is C16H22N2O3. The number of hydrogen-bond donors (Lipinski definition) is 1. The van der Waals surface area contributed by atoms with E-state index in [1.165, 1.54) is 7.11 Å². The molecule has 0 radical (unpaired) electrons. The van der Waals surface area contributed by atoms with Crippen LogP contribution >= 0.6 is 0 Å². The van der Waals surface area contributed by atoms with Gasteiger partial charge >= 0.3 is 5.97 Å². The third-order valence-electron chi connectivity index (χ3n) is 5.00. The zero-order valence-corrected chi connectivity index (χ0v) is 12.6. The van der Waals surface area contributed by atoms with Gasteiger partial charge in [-0.3, -0.25) is 14.7 Å². The van der Waals surface area contributed by atoms with Gasteiger partial charge in [0.1, 0.15) is 5.75 Å². The van der Waals surface area contributed by atoms with Crippen molar-refractivity contribution in [1.82, 2.24) is 9.88 Å². The predicted molar refractivity (Wildman–Crippen MR) is 77.7 cm³/mol. The number of likely N-dealkylation sites (tertiary alicyclic amines) is 1. The van der Waals surface area contributed by atoms with Crippen LogP contribution in [0.1, 0.15) is 30.7 Å². The van der Waals surface area contributed by atoms with Gasteiger partial charge < -0.3 is 9.84 Å². The molecule has 2 aliphatic rings. The van der Waals surface area contributed by atoms with Crippen LogP contribution < -0.4 is 0 Å². The lowest BCUT2D eigenvalue weighted by Gasteiger charge is -2.25. The first-order chi connectivity index (χ1) is 10.0. The minimum absolute atomic E-state index is 0.0751. The molecule has 2 atom stereocenters. The van der Waals surface area contributed by atoms with E-state index >= 15 is 0 Å². The highest BCUT2D eigenvalue weighted by Crippen LogP contribution is 2.49. The lowest BCUT2D eigenvalue weighted by atomic mass is 9.81. The Morgan fingerprint density at radius 3 is 3.14 bits per heavy atom. The Kier molecular flexibility index (Phi) is 3.61. The third kappa shape index (κ3) is 2.39. The maximum absolute atomic E-state index is 12.2. The van der Waals surface area contributed by atoms with Crippen molar-refractivity contribution in [2.75, 3.05) is 20.2 Å². The van der Waals surface area contributed by atoms with E-state index in [0.29, 0.717) is 24.7 Å². The molecule has 2 fully saturated rings. The summed E-state index contributed by atoms with van der Waals surface area (Å²) in [5.41, 5.74) is 1.24. The number of aryl methyl sites for hydroxylation is 1. The zero-order chi connectivity index (χ0) is 15.0. The average Bonchev–Trinajstić information content (AvgIpc) is 2.99. The van der Waals surface area contributed by atoms with Gasteiger partial charge in [0.05, 0.1) is 18.2 Å². The summed E-state index contributed by atoms with van der Waals surface area (Å²) in [6.45, 7) is 4.09. The number of rotatable bonds is 3. The third-order valence-corrected chi connectivity index (χ3v) is 5.00. The maximum Gasteiger partial charge on any atom is 0.313 e.